The number of esters is 1. The van der Waals surface area contributed by atoms with Gasteiger partial charge in [-0.2, -0.15) is 0 Å². The second kappa shape index (κ2) is 4.82. The number of ether oxygens (including phenoxy) is 1. The molecule has 0 heterocycles. The Balaban J connectivity index is 4.83. The number of carbonyl (C=O) groups is 1. The minimum atomic E-state index is -0.478. The summed E-state index contributed by atoms with van der Waals surface area (Å²) in [7, 11) is 0. The summed E-state index contributed by atoms with van der Waals surface area (Å²) in [5, 5.41) is 0. The van der Waals surface area contributed by atoms with Crippen molar-refractivity contribution in [2.45, 2.75) is 53.6 Å². The van der Waals surface area contributed by atoms with E-state index in [1.807, 2.05) is 13.8 Å². The van der Waals surface area contributed by atoms with Crippen molar-refractivity contribution >= 4 is 5.97 Å². The van der Waals surface area contributed by atoms with Crippen LogP contribution in [0.3, 0.4) is 0 Å². The Morgan fingerprint density at radius 2 is 1.87 bits per heavy atom. The van der Waals surface area contributed by atoms with Crippen LogP contribution in [-0.4, -0.2) is 11.6 Å². The van der Waals surface area contributed by atoms with Gasteiger partial charge in [-0.3, -0.25) is 0 Å². The lowest BCUT2D eigenvalue weighted by Gasteiger charge is -2.44. The van der Waals surface area contributed by atoms with E-state index in [1.165, 1.54) is 6.08 Å². The van der Waals surface area contributed by atoms with Gasteiger partial charge < -0.3 is 4.74 Å². The highest BCUT2D eigenvalue weighted by Crippen LogP contribution is 2.41. The van der Waals surface area contributed by atoms with Crippen molar-refractivity contribution in [2.24, 2.45) is 11.3 Å². The zero-order valence-corrected chi connectivity index (χ0v) is 10.9. The van der Waals surface area contributed by atoms with Gasteiger partial charge in [-0.15, -0.1) is 0 Å². The average Bonchev–Trinajstić information content (AvgIpc) is 2.15. The molecule has 0 aliphatic carbocycles. The first-order valence-corrected chi connectivity index (χ1v) is 5.54. The summed E-state index contributed by atoms with van der Waals surface area (Å²) >= 11 is 0. The lowest BCUT2D eigenvalue weighted by Crippen LogP contribution is -2.46. The third-order valence-electron chi connectivity index (χ3n) is 3.92. The van der Waals surface area contributed by atoms with Gasteiger partial charge in [-0.1, -0.05) is 40.7 Å². The smallest absolute Gasteiger partial charge is 0.330 e. The minimum absolute atomic E-state index is 0.0551. The number of rotatable bonds is 5. The molecule has 88 valence electrons. The Kier molecular flexibility index (Phi) is 4.57. The summed E-state index contributed by atoms with van der Waals surface area (Å²) in [6.07, 6.45) is 2.29. The maximum atomic E-state index is 11.2. The maximum absolute atomic E-state index is 11.2. The highest BCUT2D eigenvalue weighted by molar-refractivity contribution is 5.81. The molecule has 0 fully saturated rings. The van der Waals surface area contributed by atoms with E-state index in [0.29, 0.717) is 5.92 Å². The molecule has 0 aromatic rings. The molecule has 0 aromatic heterocycles. The van der Waals surface area contributed by atoms with Crippen LogP contribution in [-0.2, 0) is 9.53 Å². The summed E-state index contributed by atoms with van der Waals surface area (Å²) in [6, 6.07) is 0. The van der Waals surface area contributed by atoms with Crippen LogP contribution in [0.4, 0.5) is 0 Å². The Hall–Kier alpha value is -0.790. The first-order chi connectivity index (χ1) is 6.69. The van der Waals surface area contributed by atoms with E-state index in [-0.39, 0.29) is 11.4 Å². The fourth-order valence-electron chi connectivity index (χ4n) is 1.53. The van der Waals surface area contributed by atoms with E-state index in [1.54, 1.807) is 0 Å². The van der Waals surface area contributed by atoms with Crippen LogP contribution in [0.2, 0.25) is 0 Å². The standard InChI is InChI=1S/C13H24O2/c1-8-10(3)12(4,5)13(6,7)15-11(14)9-2/h9-10H,2,8H2,1,3-7H3. The molecular formula is C13H24O2. The fourth-order valence-corrected chi connectivity index (χ4v) is 1.53. The van der Waals surface area contributed by atoms with E-state index in [0.717, 1.165) is 6.42 Å². The summed E-state index contributed by atoms with van der Waals surface area (Å²) < 4.78 is 5.42. The summed E-state index contributed by atoms with van der Waals surface area (Å²) in [5.74, 6) is 0.140. The van der Waals surface area contributed by atoms with E-state index >= 15 is 0 Å². The van der Waals surface area contributed by atoms with Crippen molar-refractivity contribution in [2.75, 3.05) is 0 Å². The van der Waals surface area contributed by atoms with Gasteiger partial charge in [0, 0.05) is 11.5 Å². The van der Waals surface area contributed by atoms with Gasteiger partial charge in [0.1, 0.15) is 5.60 Å². The minimum Gasteiger partial charge on any atom is -0.456 e. The van der Waals surface area contributed by atoms with E-state index in [4.69, 9.17) is 4.74 Å². The molecule has 0 aliphatic heterocycles. The van der Waals surface area contributed by atoms with Gasteiger partial charge in [0.2, 0.25) is 0 Å². The van der Waals surface area contributed by atoms with Gasteiger partial charge in [-0.25, -0.2) is 4.79 Å². The highest BCUT2D eigenvalue weighted by atomic mass is 16.6. The largest absolute Gasteiger partial charge is 0.456 e. The van der Waals surface area contributed by atoms with Gasteiger partial charge >= 0.3 is 5.97 Å². The molecule has 0 spiro atoms. The molecule has 0 aliphatic rings. The summed E-state index contributed by atoms with van der Waals surface area (Å²) in [5.41, 5.74) is -0.534. The van der Waals surface area contributed by atoms with E-state index in [9.17, 15) is 4.79 Å². The van der Waals surface area contributed by atoms with Crippen molar-refractivity contribution in [1.29, 1.82) is 0 Å². The summed E-state index contributed by atoms with van der Waals surface area (Å²) in [6.45, 7) is 15.9. The van der Waals surface area contributed by atoms with Crippen molar-refractivity contribution in [3.8, 4) is 0 Å². The molecule has 15 heavy (non-hydrogen) atoms. The van der Waals surface area contributed by atoms with Crippen molar-refractivity contribution in [1.82, 2.24) is 0 Å². The first-order valence-electron chi connectivity index (χ1n) is 5.54. The monoisotopic (exact) mass is 212 g/mol. The van der Waals surface area contributed by atoms with Gasteiger partial charge in [-0.05, 0) is 19.8 Å². The molecule has 0 amide bonds. The topological polar surface area (TPSA) is 26.3 Å². The molecule has 1 unspecified atom stereocenters. The van der Waals surface area contributed by atoms with Gasteiger partial charge in [0.15, 0.2) is 0 Å². The number of carbonyl (C=O) groups excluding carboxylic acids is 1. The van der Waals surface area contributed by atoms with E-state index in [2.05, 4.69) is 34.3 Å². The molecule has 0 bridgehead atoms. The predicted octanol–water partition coefficient (Wildman–Crippen LogP) is 3.57. The fraction of sp³-hybridized carbons (Fsp3) is 0.769. The van der Waals surface area contributed by atoms with Crippen LogP contribution in [0.25, 0.3) is 0 Å². The van der Waals surface area contributed by atoms with Crippen molar-refractivity contribution in [3.63, 3.8) is 0 Å². The molecule has 0 N–H and O–H groups in total. The molecule has 0 rings (SSSR count). The zero-order valence-electron chi connectivity index (χ0n) is 10.9. The molecule has 0 saturated heterocycles. The van der Waals surface area contributed by atoms with Crippen molar-refractivity contribution in [3.05, 3.63) is 12.7 Å². The Labute approximate surface area is 93.7 Å². The third kappa shape index (κ3) is 3.08. The molecule has 0 saturated carbocycles. The van der Waals surface area contributed by atoms with E-state index < -0.39 is 5.60 Å². The molecule has 2 nitrogen and oxygen atoms in total. The second-order valence-electron chi connectivity index (χ2n) is 5.17. The molecule has 0 radical (unpaired) electrons. The Morgan fingerprint density at radius 1 is 1.40 bits per heavy atom. The second-order valence-corrected chi connectivity index (χ2v) is 5.17. The molecule has 1 atom stereocenters. The zero-order chi connectivity index (χ0) is 12.3. The Bertz CT molecular complexity index is 239. The van der Waals surface area contributed by atoms with Crippen LogP contribution < -0.4 is 0 Å². The lowest BCUT2D eigenvalue weighted by atomic mass is 9.67. The predicted molar refractivity (Wildman–Crippen MR) is 63.6 cm³/mol. The highest BCUT2D eigenvalue weighted by Gasteiger charge is 2.43. The quantitative estimate of drug-likeness (QED) is 0.514. The van der Waals surface area contributed by atoms with Crippen LogP contribution in [0.1, 0.15) is 48.0 Å². The SMILES string of the molecule is C=CC(=O)OC(C)(C)C(C)(C)C(C)CC. The lowest BCUT2D eigenvalue weighted by molar-refractivity contribution is -0.166. The first kappa shape index (κ1) is 14.2. The number of hydrogen-bond donors (Lipinski definition) is 0. The van der Waals surface area contributed by atoms with Crippen molar-refractivity contribution < 1.29 is 9.53 Å². The molecule has 0 aromatic carbocycles. The van der Waals surface area contributed by atoms with Crippen LogP contribution in [0.15, 0.2) is 12.7 Å². The Morgan fingerprint density at radius 3 is 2.20 bits per heavy atom. The normalized spacial score (nSPS) is 14.5. The van der Waals surface area contributed by atoms with Gasteiger partial charge in [0.05, 0.1) is 0 Å². The maximum Gasteiger partial charge on any atom is 0.330 e. The van der Waals surface area contributed by atoms with Crippen LogP contribution >= 0.6 is 0 Å². The summed E-state index contributed by atoms with van der Waals surface area (Å²) in [4.78, 5) is 11.2. The molecular weight excluding hydrogens is 188 g/mol. The van der Waals surface area contributed by atoms with Crippen LogP contribution in [0, 0.1) is 11.3 Å². The average molecular weight is 212 g/mol. The van der Waals surface area contributed by atoms with Crippen LogP contribution in [0.5, 0.6) is 0 Å². The third-order valence-corrected chi connectivity index (χ3v) is 3.92. The number of hydrogen-bond acceptors (Lipinski definition) is 2. The molecule has 2 heteroatoms. The van der Waals surface area contributed by atoms with Gasteiger partial charge in [0.25, 0.3) is 0 Å².